The molecule has 1 aliphatic carbocycles. The lowest BCUT2D eigenvalue weighted by Gasteiger charge is -2.12. The zero-order valence-electron chi connectivity index (χ0n) is 16.8. The van der Waals surface area contributed by atoms with Crippen molar-refractivity contribution < 1.29 is 4.79 Å². The highest BCUT2D eigenvalue weighted by molar-refractivity contribution is 7.99. The van der Waals surface area contributed by atoms with Gasteiger partial charge in [0.1, 0.15) is 0 Å². The molecule has 4 N–H and O–H groups in total. The van der Waals surface area contributed by atoms with Gasteiger partial charge in [0.2, 0.25) is 0 Å². The third-order valence-corrected chi connectivity index (χ3v) is 7.74. The smallest absolute Gasteiger partial charge is 0.270 e. The van der Waals surface area contributed by atoms with E-state index in [0.717, 1.165) is 64.1 Å². The first-order valence-corrected chi connectivity index (χ1v) is 11.7. The number of carbonyl (C=O) groups excluding carboxylic acids is 1. The van der Waals surface area contributed by atoms with Crippen molar-refractivity contribution in [2.24, 2.45) is 4.99 Å². The van der Waals surface area contributed by atoms with Gasteiger partial charge in [0.15, 0.2) is 0 Å². The van der Waals surface area contributed by atoms with E-state index in [2.05, 4.69) is 29.3 Å². The fourth-order valence-corrected chi connectivity index (χ4v) is 6.06. The average Bonchev–Trinajstić information content (AvgIpc) is 3.31. The summed E-state index contributed by atoms with van der Waals surface area (Å²) in [5.74, 6) is -0.193. The summed E-state index contributed by atoms with van der Waals surface area (Å²) >= 11 is 3.37. The number of carbonyl (C=O) groups is 1. The molecule has 0 saturated carbocycles. The largest absolute Gasteiger partial charge is 0.399 e. The van der Waals surface area contributed by atoms with E-state index in [1.807, 2.05) is 48.5 Å². The highest BCUT2D eigenvalue weighted by Crippen LogP contribution is 2.48. The zero-order valence-corrected chi connectivity index (χ0v) is 18.5. The van der Waals surface area contributed by atoms with Crippen LogP contribution in [-0.4, -0.2) is 11.6 Å². The first-order chi connectivity index (χ1) is 15.6. The molecule has 0 unspecified atom stereocenters. The summed E-state index contributed by atoms with van der Waals surface area (Å²) in [7, 11) is 0. The monoisotopic (exact) mass is 451 g/mol. The topological polar surface area (TPSA) is 81.5 Å². The maximum atomic E-state index is 12.1. The Morgan fingerprint density at radius 2 is 1.28 bits per heavy atom. The van der Waals surface area contributed by atoms with Crippen LogP contribution in [0.3, 0.4) is 0 Å². The van der Waals surface area contributed by atoms with Crippen molar-refractivity contribution in [3.63, 3.8) is 0 Å². The van der Waals surface area contributed by atoms with E-state index in [1.54, 1.807) is 29.6 Å². The van der Waals surface area contributed by atoms with Crippen molar-refractivity contribution in [3.8, 4) is 0 Å². The molecule has 0 radical (unpaired) electrons. The van der Waals surface area contributed by atoms with Crippen LogP contribution in [0, 0.1) is 0 Å². The third kappa shape index (κ3) is 3.11. The van der Waals surface area contributed by atoms with Gasteiger partial charge in [0.05, 0.1) is 5.71 Å². The Balaban J connectivity index is 1.52. The molecule has 154 valence electrons. The summed E-state index contributed by atoms with van der Waals surface area (Å²) in [4.78, 5) is 20.9. The van der Waals surface area contributed by atoms with Crippen LogP contribution < -0.4 is 11.5 Å². The molecule has 0 atom stereocenters. The summed E-state index contributed by atoms with van der Waals surface area (Å²) in [6.45, 7) is 0. The van der Waals surface area contributed by atoms with Crippen molar-refractivity contribution >= 4 is 62.9 Å². The van der Waals surface area contributed by atoms with Crippen LogP contribution in [0.25, 0.3) is 16.3 Å². The minimum atomic E-state index is -0.193. The normalized spacial score (nSPS) is 13.9. The molecule has 1 amide bonds. The summed E-state index contributed by atoms with van der Waals surface area (Å²) in [5, 5.41) is 2.31. The van der Waals surface area contributed by atoms with Crippen molar-refractivity contribution in [2.45, 2.75) is 19.6 Å². The highest BCUT2D eigenvalue weighted by Gasteiger charge is 2.33. The minimum Gasteiger partial charge on any atom is -0.399 e. The van der Waals surface area contributed by atoms with Crippen LogP contribution in [0.1, 0.15) is 11.1 Å². The predicted molar refractivity (Wildman–Crippen MR) is 133 cm³/mol. The molecule has 4 aromatic rings. The molecule has 6 heteroatoms. The minimum absolute atomic E-state index is 0.193. The number of amides is 1. The zero-order chi connectivity index (χ0) is 21.8. The van der Waals surface area contributed by atoms with Gasteiger partial charge in [-0.3, -0.25) is 4.79 Å². The molecule has 0 saturated heterocycles. The molecule has 2 aliphatic rings. The number of nitrogens with zero attached hydrogens (tertiary/aromatic N) is 1. The number of nitrogen functional groups attached to an aromatic ring is 2. The molecule has 0 bridgehead atoms. The summed E-state index contributed by atoms with van der Waals surface area (Å²) < 4.78 is 0. The van der Waals surface area contributed by atoms with Gasteiger partial charge in [0.25, 0.3) is 5.91 Å². The van der Waals surface area contributed by atoms with E-state index in [4.69, 9.17) is 11.5 Å². The van der Waals surface area contributed by atoms with Crippen LogP contribution in [0.5, 0.6) is 0 Å². The Morgan fingerprint density at radius 1 is 0.688 bits per heavy atom. The van der Waals surface area contributed by atoms with Crippen LogP contribution in [0.15, 0.2) is 103 Å². The van der Waals surface area contributed by atoms with Crippen LogP contribution >= 0.6 is 23.5 Å². The first-order valence-electron chi connectivity index (χ1n) is 10.1. The van der Waals surface area contributed by atoms with Crippen molar-refractivity contribution in [1.29, 1.82) is 0 Å². The van der Waals surface area contributed by atoms with Crippen molar-refractivity contribution in [2.75, 3.05) is 11.5 Å². The lowest BCUT2D eigenvalue weighted by atomic mass is 10.0. The standard InChI is InChI=1S/C26H17N3OS2/c27-14-1-5-16(6-2-14)31-21-11-9-18-20-13-23(30)29-26(20)25-22(12-10-19(21)24(18)25)32-17-7-3-15(28)4-8-17/h1-13H,27-28H2. The van der Waals surface area contributed by atoms with Gasteiger partial charge in [-0.05, 0) is 71.6 Å². The quantitative estimate of drug-likeness (QED) is 0.370. The average molecular weight is 452 g/mol. The molecule has 1 aliphatic heterocycles. The van der Waals surface area contributed by atoms with Crippen molar-refractivity contribution in [1.82, 2.24) is 0 Å². The fourth-order valence-electron chi connectivity index (χ4n) is 4.15. The van der Waals surface area contributed by atoms with E-state index in [-0.39, 0.29) is 5.91 Å². The Hall–Kier alpha value is -3.48. The number of allylic oxidation sites excluding steroid dienone is 1. The molecular formula is C26H17N3OS2. The van der Waals surface area contributed by atoms with E-state index < -0.39 is 0 Å². The number of nitrogens with two attached hydrogens (primary N) is 2. The van der Waals surface area contributed by atoms with Gasteiger partial charge in [-0.2, -0.15) is 0 Å². The predicted octanol–water partition coefficient (Wildman–Crippen LogP) is 6.03. The lowest BCUT2D eigenvalue weighted by Crippen LogP contribution is -1.96. The maximum absolute atomic E-state index is 12.1. The number of hydrogen-bond donors (Lipinski definition) is 2. The second-order valence-corrected chi connectivity index (χ2v) is 9.90. The Bertz CT molecular complexity index is 1490. The molecule has 4 nitrogen and oxygen atoms in total. The van der Waals surface area contributed by atoms with Crippen LogP contribution in [0.2, 0.25) is 0 Å². The molecular weight excluding hydrogens is 434 g/mol. The van der Waals surface area contributed by atoms with Gasteiger partial charge in [-0.15, -0.1) is 0 Å². The number of hydrogen-bond acceptors (Lipinski definition) is 5. The van der Waals surface area contributed by atoms with Gasteiger partial charge < -0.3 is 11.5 Å². The van der Waals surface area contributed by atoms with Gasteiger partial charge in [0, 0.05) is 53.6 Å². The second-order valence-electron chi connectivity index (χ2n) is 7.67. The molecule has 0 spiro atoms. The Morgan fingerprint density at radius 3 is 1.94 bits per heavy atom. The highest BCUT2D eigenvalue weighted by atomic mass is 32.2. The van der Waals surface area contributed by atoms with E-state index in [0.29, 0.717) is 0 Å². The van der Waals surface area contributed by atoms with Crippen LogP contribution in [0.4, 0.5) is 11.4 Å². The third-order valence-electron chi connectivity index (χ3n) is 5.59. The van der Waals surface area contributed by atoms with Crippen molar-refractivity contribution in [3.05, 3.63) is 90.0 Å². The van der Waals surface area contributed by atoms with E-state index in [9.17, 15) is 4.79 Å². The van der Waals surface area contributed by atoms with Crippen LogP contribution in [-0.2, 0) is 4.79 Å². The SMILES string of the molecule is Nc1ccc(Sc2ccc3c(Sc4ccc(N)cc4)ccc4c3c2C2=NC(=O)C=C24)cc1. The summed E-state index contributed by atoms with van der Waals surface area (Å²) in [5.41, 5.74) is 17.0. The first kappa shape index (κ1) is 19.2. The second kappa shape index (κ2) is 7.29. The summed E-state index contributed by atoms with van der Waals surface area (Å²) in [6, 6.07) is 24.3. The summed E-state index contributed by atoms with van der Waals surface area (Å²) in [6.07, 6.45) is 1.65. The van der Waals surface area contributed by atoms with Gasteiger partial charge in [-0.1, -0.05) is 35.7 Å². The molecule has 6 rings (SSSR count). The molecule has 32 heavy (non-hydrogen) atoms. The number of benzene rings is 4. The van der Waals surface area contributed by atoms with Gasteiger partial charge >= 0.3 is 0 Å². The molecule has 1 heterocycles. The number of anilines is 2. The van der Waals surface area contributed by atoms with E-state index >= 15 is 0 Å². The number of rotatable bonds is 4. The Labute approximate surface area is 193 Å². The lowest BCUT2D eigenvalue weighted by molar-refractivity contribution is -0.113. The molecule has 0 fully saturated rings. The molecule has 4 aromatic carbocycles. The van der Waals surface area contributed by atoms with E-state index in [1.165, 1.54) is 0 Å². The number of fused-ring (bicyclic) bond motifs is 3. The number of aliphatic imine (C=N–C) groups is 1. The van der Waals surface area contributed by atoms with Gasteiger partial charge in [-0.25, -0.2) is 4.99 Å². The molecule has 0 aromatic heterocycles. The maximum Gasteiger partial charge on any atom is 0.270 e. The fraction of sp³-hybridized carbons (Fsp3) is 0. The Kier molecular flexibility index (Phi) is 4.38.